The number of rotatable bonds is 5. The van der Waals surface area contributed by atoms with Gasteiger partial charge in [0.05, 0.1) is 0 Å². The fraction of sp³-hybridized carbons (Fsp3) is 0.615. The van der Waals surface area contributed by atoms with Gasteiger partial charge in [0.2, 0.25) is 10.0 Å². The Bertz CT molecular complexity index is 528. The Hall–Kier alpha value is -1.18. The maximum Gasteiger partial charge on any atom is 0.244 e. The number of aliphatic hydroxyl groups excluding tert-OH is 1. The van der Waals surface area contributed by atoms with Crippen LogP contribution in [0, 0.1) is 5.92 Å². The van der Waals surface area contributed by atoms with Gasteiger partial charge in [-0.15, -0.1) is 0 Å². The van der Waals surface area contributed by atoms with E-state index in [1.54, 1.807) is 19.2 Å². The van der Waals surface area contributed by atoms with Gasteiger partial charge >= 0.3 is 0 Å². The minimum Gasteiger partial charge on any atom is -0.396 e. The molecule has 1 atom stereocenters. The Morgan fingerprint density at radius 3 is 2.90 bits per heavy atom. The molecule has 1 fully saturated rings. The normalized spacial score (nSPS) is 20.8. The van der Waals surface area contributed by atoms with Crippen LogP contribution in [0.2, 0.25) is 0 Å². The van der Waals surface area contributed by atoms with Crippen molar-refractivity contribution >= 4 is 15.8 Å². The van der Waals surface area contributed by atoms with Crippen LogP contribution in [0.25, 0.3) is 0 Å². The molecule has 0 amide bonds. The molecular weight excluding hydrogens is 278 g/mol. The monoisotopic (exact) mass is 299 g/mol. The van der Waals surface area contributed by atoms with Gasteiger partial charge < -0.3 is 10.4 Å². The third-order valence-electron chi connectivity index (χ3n) is 3.65. The van der Waals surface area contributed by atoms with Crippen LogP contribution >= 0.6 is 0 Å². The van der Waals surface area contributed by atoms with Gasteiger partial charge in [0.1, 0.15) is 10.7 Å². The number of sulfonamides is 1. The van der Waals surface area contributed by atoms with Crippen LogP contribution < -0.4 is 5.32 Å². The summed E-state index contributed by atoms with van der Waals surface area (Å²) in [4.78, 5) is 4.28. The molecule has 1 aromatic rings. The first kappa shape index (κ1) is 15.2. The van der Waals surface area contributed by atoms with Gasteiger partial charge in [-0.3, -0.25) is 0 Å². The number of nitrogens with one attached hydrogen (secondary N) is 1. The quantitative estimate of drug-likeness (QED) is 0.844. The summed E-state index contributed by atoms with van der Waals surface area (Å²) in [5.74, 6) is 0.883. The molecule has 0 saturated carbocycles. The maximum absolute atomic E-state index is 12.5. The molecule has 0 aromatic carbocycles. The molecule has 2 rings (SSSR count). The molecule has 1 aliphatic heterocycles. The zero-order valence-electron chi connectivity index (χ0n) is 11.6. The summed E-state index contributed by atoms with van der Waals surface area (Å²) in [5, 5.41) is 11.9. The average molecular weight is 299 g/mol. The highest BCUT2D eigenvalue weighted by Crippen LogP contribution is 2.25. The molecule has 112 valence electrons. The predicted octanol–water partition coefficient (Wildman–Crippen LogP) is 0.906. The first-order chi connectivity index (χ1) is 9.57. The Balaban J connectivity index is 2.16. The van der Waals surface area contributed by atoms with E-state index in [1.807, 2.05) is 0 Å². The van der Waals surface area contributed by atoms with Gasteiger partial charge in [-0.25, -0.2) is 13.4 Å². The Kier molecular flexibility index (Phi) is 4.95. The highest BCUT2D eigenvalue weighted by Gasteiger charge is 2.30. The van der Waals surface area contributed by atoms with Crippen molar-refractivity contribution in [2.45, 2.75) is 24.2 Å². The van der Waals surface area contributed by atoms with E-state index in [-0.39, 0.29) is 17.4 Å². The Morgan fingerprint density at radius 1 is 1.50 bits per heavy atom. The molecule has 2 heterocycles. The van der Waals surface area contributed by atoms with Crippen LogP contribution in [0.1, 0.15) is 19.3 Å². The molecule has 0 radical (unpaired) electrons. The van der Waals surface area contributed by atoms with Gasteiger partial charge in [0.15, 0.2) is 0 Å². The third-order valence-corrected chi connectivity index (χ3v) is 5.50. The molecule has 0 spiro atoms. The second-order valence-corrected chi connectivity index (χ2v) is 6.95. The maximum atomic E-state index is 12.5. The molecule has 20 heavy (non-hydrogen) atoms. The van der Waals surface area contributed by atoms with E-state index in [0.717, 1.165) is 12.8 Å². The molecule has 0 bridgehead atoms. The summed E-state index contributed by atoms with van der Waals surface area (Å²) in [7, 11) is -1.74. The van der Waals surface area contributed by atoms with Crippen molar-refractivity contribution in [3.8, 4) is 0 Å². The van der Waals surface area contributed by atoms with Gasteiger partial charge in [-0.05, 0) is 37.3 Å². The number of nitrogens with zero attached hydrogens (tertiary/aromatic N) is 2. The van der Waals surface area contributed by atoms with Crippen molar-refractivity contribution in [1.29, 1.82) is 0 Å². The highest BCUT2D eigenvalue weighted by atomic mass is 32.2. The summed E-state index contributed by atoms with van der Waals surface area (Å²) < 4.78 is 26.6. The van der Waals surface area contributed by atoms with Crippen LogP contribution in [-0.4, -0.2) is 49.6 Å². The minimum absolute atomic E-state index is 0.108. The summed E-state index contributed by atoms with van der Waals surface area (Å²) >= 11 is 0. The molecule has 0 aliphatic carbocycles. The lowest BCUT2D eigenvalue weighted by atomic mass is 9.97. The first-order valence-corrected chi connectivity index (χ1v) is 8.26. The number of pyridine rings is 1. The minimum atomic E-state index is -3.48. The van der Waals surface area contributed by atoms with E-state index >= 15 is 0 Å². The smallest absolute Gasteiger partial charge is 0.244 e. The summed E-state index contributed by atoms with van der Waals surface area (Å²) in [5.41, 5.74) is 0. The number of hydrogen-bond donors (Lipinski definition) is 2. The zero-order valence-corrected chi connectivity index (χ0v) is 12.4. The van der Waals surface area contributed by atoms with Crippen molar-refractivity contribution in [1.82, 2.24) is 9.29 Å². The zero-order chi connectivity index (χ0) is 14.6. The van der Waals surface area contributed by atoms with Crippen LogP contribution in [0.4, 0.5) is 5.82 Å². The van der Waals surface area contributed by atoms with Gasteiger partial charge in [-0.1, -0.05) is 0 Å². The largest absolute Gasteiger partial charge is 0.396 e. The van der Waals surface area contributed by atoms with Crippen molar-refractivity contribution in [2.75, 3.05) is 32.1 Å². The van der Waals surface area contributed by atoms with Crippen LogP contribution in [0.3, 0.4) is 0 Å². The number of anilines is 1. The van der Waals surface area contributed by atoms with Crippen molar-refractivity contribution < 1.29 is 13.5 Å². The van der Waals surface area contributed by atoms with Crippen molar-refractivity contribution in [2.24, 2.45) is 5.92 Å². The standard InChI is InChI=1S/C13H21N3O3S/c1-14-13-5-4-12(9-15-13)20(18,19)16-7-2-3-11(10-16)6-8-17/h4-5,9,11,17H,2-3,6-8,10H2,1H3,(H,14,15). The molecule has 2 N–H and O–H groups in total. The van der Waals surface area contributed by atoms with Crippen molar-refractivity contribution in [3.05, 3.63) is 18.3 Å². The van der Waals surface area contributed by atoms with Crippen LogP contribution in [-0.2, 0) is 10.0 Å². The third kappa shape index (κ3) is 3.28. The molecule has 6 nitrogen and oxygen atoms in total. The topological polar surface area (TPSA) is 82.5 Å². The predicted molar refractivity (Wildman–Crippen MR) is 77.0 cm³/mol. The van der Waals surface area contributed by atoms with Gasteiger partial charge in [0, 0.05) is 32.9 Å². The SMILES string of the molecule is CNc1ccc(S(=O)(=O)N2CCCC(CCO)C2)cn1. The summed E-state index contributed by atoms with van der Waals surface area (Å²) in [6.07, 6.45) is 3.86. The molecule has 1 unspecified atom stereocenters. The molecule has 7 heteroatoms. The van der Waals surface area contributed by atoms with Crippen molar-refractivity contribution in [3.63, 3.8) is 0 Å². The Morgan fingerprint density at radius 2 is 2.30 bits per heavy atom. The summed E-state index contributed by atoms with van der Waals surface area (Å²) in [6.45, 7) is 1.13. The number of hydrogen-bond acceptors (Lipinski definition) is 5. The van der Waals surface area contributed by atoms with Gasteiger partial charge in [-0.2, -0.15) is 4.31 Å². The van der Waals surface area contributed by atoms with E-state index in [0.29, 0.717) is 25.3 Å². The second-order valence-electron chi connectivity index (χ2n) is 5.01. The summed E-state index contributed by atoms with van der Waals surface area (Å²) in [6, 6.07) is 3.23. The number of aromatic nitrogens is 1. The lowest BCUT2D eigenvalue weighted by Gasteiger charge is -2.31. The first-order valence-electron chi connectivity index (χ1n) is 6.82. The van der Waals surface area contributed by atoms with Gasteiger partial charge in [0.25, 0.3) is 0 Å². The lowest BCUT2D eigenvalue weighted by molar-refractivity contribution is 0.203. The van der Waals surface area contributed by atoms with E-state index in [9.17, 15) is 8.42 Å². The number of aliphatic hydroxyl groups is 1. The van der Waals surface area contributed by atoms with Crippen LogP contribution in [0.15, 0.2) is 23.2 Å². The van der Waals surface area contributed by atoms with E-state index in [2.05, 4.69) is 10.3 Å². The lowest BCUT2D eigenvalue weighted by Crippen LogP contribution is -2.40. The Labute approximate surface area is 119 Å². The van der Waals surface area contributed by atoms with E-state index in [4.69, 9.17) is 5.11 Å². The van der Waals surface area contributed by atoms with E-state index in [1.165, 1.54) is 10.5 Å². The second kappa shape index (κ2) is 6.51. The molecule has 1 aromatic heterocycles. The fourth-order valence-corrected chi connectivity index (χ4v) is 3.99. The van der Waals surface area contributed by atoms with E-state index < -0.39 is 10.0 Å². The molecule has 1 saturated heterocycles. The highest BCUT2D eigenvalue weighted by molar-refractivity contribution is 7.89. The fourth-order valence-electron chi connectivity index (χ4n) is 2.49. The van der Waals surface area contributed by atoms with Crippen LogP contribution in [0.5, 0.6) is 0 Å². The molecular formula is C13H21N3O3S. The molecule has 1 aliphatic rings. The average Bonchev–Trinajstić information content (AvgIpc) is 2.48. The number of piperidine rings is 1.